The van der Waals surface area contributed by atoms with Crippen molar-refractivity contribution in [2.45, 2.75) is 37.7 Å². The second-order valence-electron chi connectivity index (χ2n) is 8.03. The largest absolute Gasteiger partial charge is 0.485 e. The molecule has 3 N–H and O–H groups in total. The Morgan fingerprint density at radius 2 is 1.85 bits per heavy atom. The van der Waals surface area contributed by atoms with Gasteiger partial charge in [-0.3, -0.25) is 0 Å². The predicted octanol–water partition coefficient (Wildman–Crippen LogP) is 2.72. The van der Waals surface area contributed by atoms with Crippen LogP contribution in [-0.2, 0) is 4.74 Å². The van der Waals surface area contributed by atoms with Gasteiger partial charge in [0.15, 0.2) is 0 Å². The summed E-state index contributed by atoms with van der Waals surface area (Å²) >= 11 is 0. The van der Waals surface area contributed by atoms with Crippen LogP contribution in [0.1, 0.15) is 36.9 Å². The lowest BCUT2D eigenvalue weighted by Gasteiger charge is -2.28. The number of benzene rings is 2. The number of rotatable bonds is 6. The van der Waals surface area contributed by atoms with Crippen LogP contribution in [0.3, 0.4) is 0 Å². The van der Waals surface area contributed by atoms with Gasteiger partial charge < -0.3 is 29.4 Å². The van der Waals surface area contributed by atoms with Crippen molar-refractivity contribution in [3.63, 3.8) is 0 Å². The maximum atomic E-state index is 10.0. The molecule has 0 amide bonds. The minimum absolute atomic E-state index is 0.181. The van der Waals surface area contributed by atoms with E-state index in [0.29, 0.717) is 31.2 Å². The second kappa shape index (κ2) is 10.6. The molecule has 0 saturated carbocycles. The third kappa shape index (κ3) is 5.62. The standard InChI is InChI=1S/C26H28N2O5/c1-18(30)26-27-13-14-28(26)22(16-29)9-4-19-2-5-20(6-3-19)21-7-10-23(11-8-21)33-25-17-32-15-12-24(25)31/h2-3,5-8,10-11,13-14,18,22,24-25,29-31H,12,15-17H2,1H3. The Kier molecular flexibility index (Phi) is 7.43. The van der Waals surface area contributed by atoms with Crippen molar-refractivity contribution >= 4 is 0 Å². The molecule has 2 heterocycles. The van der Waals surface area contributed by atoms with E-state index in [1.165, 1.54) is 0 Å². The molecular weight excluding hydrogens is 420 g/mol. The zero-order valence-electron chi connectivity index (χ0n) is 18.5. The zero-order chi connectivity index (χ0) is 23.2. The van der Waals surface area contributed by atoms with Crippen LogP contribution in [-0.4, -0.2) is 56.9 Å². The molecule has 0 radical (unpaired) electrons. The molecule has 0 bridgehead atoms. The average molecular weight is 449 g/mol. The third-order valence-electron chi connectivity index (χ3n) is 5.59. The van der Waals surface area contributed by atoms with Gasteiger partial charge in [-0.1, -0.05) is 36.1 Å². The summed E-state index contributed by atoms with van der Waals surface area (Å²) in [5, 5.41) is 29.6. The van der Waals surface area contributed by atoms with Crippen LogP contribution in [0.5, 0.6) is 5.75 Å². The topological polar surface area (TPSA) is 97.0 Å². The maximum Gasteiger partial charge on any atom is 0.148 e. The minimum atomic E-state index is -0.743. The number of aliphatic hydroxyl groups excluding tert-OH is 3. The van der Waals surface area contributed by atoms with Crippen molar-refractivity contribution in [3.8, 4) is 28.7 Å². The van der Waals surface area contributed by atoms with Crippen LogP contribution in [0.2, 0.25) is 0 Å². The van der Waals surface area contributed by atoms with E-state index < -0.39 is 18.2 Å². The van der Waals surface area contributed by atoms with E-state index in [-0.39, 0.29) is 12.7 Å². The van der Waals surface area contributed by atoms with Gasteiger partial charge in [0.1, 0.15) is 29.8 Å². The predicted molar refractivity (Wildman–Crippen MR) is 124 cm³/mol. The summed E-state index contributed by atoms with van der Waals surface area (Å²) in [7, 11) is 0. The SMILES string of the molecule is CC(O)c1nccn1C(C#Cc1ccc(-c2ccc(OC3COCCC3O)cc2)cc1)CO. The zero-order valence-corrected chi connectivity index (χ0v) is 18.5. The van der Waals surface area contributed by atoms with Crippen molar-refractivity contribution < 1.29 is 24.8 Å². The molecule has 4 atom stereocenters. The lowest BCUT2D eigenvalue weighted by molar-refractivity contribution is -0.0735. The van der Waals surface area contributed by atoms with Gasteiger partial charge in [0.05, 0.1) is 19.3 Å². The van der Waals surface area contributed by atoms with Gasteiger partial charge >= 0.3 is 0 Å². The van der Waals surface area contributed by atoms with E-state index in [1.807, 2.05) is 48.5 Å². The molecule has 0 aliphatic carbocycles. The Balaban J connectivity index is 1.43. The van der Waals surface area contributed by atoms with E-state index in [2.05, 4.69) is 16.8 Å². The molecule has 1 saturated heterocycles. The fourth-order valence-corrected chi connectivity index (χ4v) is 3.74. The number of aliphatic hydroxyl groups is 3. The summed E-state index contributed by atoms with van der Waals surface area (Å²) in [5.74, 6) is 7.31. The number of nitrogens with zero attached hydrogens (tertiary/aromatic N) is 2. The first-order chi connectivity index (χ1) is 16.0. The molecule has 33 heavy (non-hydrogen) atoms. The summed E-state index contributed by atoms with van der Waals surface area (Å²) in [5.41, 5.74) is 2.90. The van der Waals surface area contributed by atoms with Gasteiger partial charge in [-0.2, -0.15) is 0 Å². The van der Waals surface area contributed by atoms with Crippen molar-refractivity contribution in [2.24, 2.45) is 0 Å². The summed E-state index contributed by atoms with van der Waals surface area (Å²) < 4.78 is 12.9. The first-order valence-electron chi connectivity index (χ1n) is 11.0. The summed E-state index contributed by atoms with van der Waals surface area (Å²) in [6.07, 6.45) is 2.28. The Hall–Kier alpha value is -3.15. The Morgan fingerprint density at radius 3 is 2.48 bits per heavy atom. The molecule has 7 nitrogen and oxygen atoms in total. The van der Waals surface area contributed by atoms with Gasteiger partial charge in [0.25, 0.3) is 0 Å². The highest BCUT2D eigenvalue weighted by molar-refractivity contribution is 5.65. The first kappa shape index (κ1) is 23.0. The van der Waals surface area contributed by atoms with Crippen molar-refractivity contribution in [3.05, 3.63) is 72.3 Å². The third-order valence-corrected chi connectivity index (χ3v) is 5.59. The highest BCUT2D eigenvalue weighted by Gasteiger charge is 2.25. The van der Waals surface area contributed by atoms with Crippen LogP contribution < -0.4 is 4.74 Å². The van der Waals surface area contributed by atoms with Gasteiger partial charge in [-0.05, 0) is 42.3 Å². The van der Waals surface area contributed by atoms with Gasteiger partial charge in [0.2, 0.25) is 0 Å². The molecule has 1 aliphatic rings. The van der Waals surface area contributed by atoms with Gasteiger partial charge in [-0.15, -0.1) is 0 Å². The smallest absolute Gasteiger partial charge is 0.148 e. The molecule has 3 aromatic rings. The van der Waals surface area contributed by atoms with Crippen molar-refractivity contribution in [1.82, 2.24) is 9.55 Å². The van der Waals surface area contributed by atoms with Crippen molar-refractivity contribution in [2.75, 3.05) is 19.8 Å². The molecule has 4 unspecified atom stereocenters. The second-order valence-corrected chi connectivity index (χ2v) is 8.03. The molecule has 2 aromatic carbocycles. The Labute approximate surface area is 193 Å². The molecule has 1 aromatic heterocycles. The number of imidazole rings is 1. The number of aromatic nitrogens is 2. The minimum Gasteiger partial charge on any atom is -0.485 e. The molecule has 1 aliphatic heterocycles. The van der Waals surface area contributed by atoms with Crippen molar-refractivity contribution in [1.29, 1.82) is 0 Å². The van der Waals surface area contributed by atoms with Crippen LogP contribution in [0.25, 0.3) is 11.1 Å². The van der Waals surface area contributed by atoms with Gasteiger partial charge in [0, 0.05) is 31.0 Å². The monoisotopic (exact) mass is 448 g/mol. The fourth-order valence-electron chi connectivity index (χ4n) is 3.74. The molecule has 0 spiro atoms. The normalized spacial score (nSPS) is 19.9. The van der Waals surface area contributed by atoms with E-state index >= 15 is 0 Å². The average Bonchev–Trinajstić information content (AvgIpc) is 3.32. The molecule has 4 rings (SSSR count). The highest BCUT2D eigenvalue weighted by Crippen LogP contribution is 2.24. The lowest BCUT2D eigenvalue weighted by Crippen LogP contribution is -2.40. The highest BCUT2D eigenvalue weighted by atomic mass is 16.5. The van der Waals surface area contributed by atoms with E-state index in [9.17, 15) is 15.3 Å². The van der Waals surface area contributed by atoms with E-state index in [0.717, 1.165) is 16.7 Å². The van der Waals surface area contributed by atoms with E-state index in [4.69, 9.17) is 9.47 Å². The quantitative estimate of drug-likeness (QED) is 0.502. The number of hydrogen-bond acceptors (Lipinski definition) is 6. The molecular formula is C26H28N2O5. The molecule has 1 fully saturated rings. The maximum absolute atomic E-state index is 10.0. The van der Waals surface area contributed by atoms with E-state index in [1.54, 1.807) is 23.9 Å². The van der Waals surface area contributed by atoms with Crippen LogP contribution in [0.15, 0.2) is 60.9 Å². The Morgan fingerprint density at radius 1 is 1.15 bits per heavy atom. The van der Waals surface area contributed by atoms with Gasteiger partial charge in [-0.25, -0.2) is 4.98 Å². The lowest BCUT2D eigenvalue weighted by atomic mass is 10.0. The number of hydrogen-bond donors (Lipinski definition) is 3. The summed E-state index contributed by atoms with van der Waals surface area (Å²) in [6, 6.07) is 15.1. The summed E-state index contributed by atoms with van der Waals surface area (Å²) in [4.78, 5) is 4.13. The Bertz CT molecular complexity index is 1100. The van der Waals surface area contributed by atoms with Crippen LogP contribution in [0.4, 0.5) is 0 Å². The fraction of sp³-hybridized carbons (Fsp3) is 0.346. The number of ether oxygens (including phenoxy) is 2. The molecule has 172 valence electrons. The van der Waals surface area contributed by atoms with Crippen LogP contribution in [0, 0.1) is 11.8 Å². The summed E-state index contributed by atoms with van der Waals surface area (Å²) in [6.45, 7) is 2.41. The first-order valence-corrected chi connectivity index (χ1v) is 11.0. The van der Waals surface area contributed by atoms with Crippen LogP contribution >= 0.6 is 0 Å². The molecule has 7 heteroatoms.